The Morgan fingerprint density at radius 3 is 2.70 bits per heavy atom. The third-order valence-corrected chi connectivity index (χ3v) is 7.30. The molecule has 2 atom stereocenters. The van der Waals surface area contributed by atoms with Crippen molar-refractivity contribution in [3.05, 3.63) is 71.4 Å². The smallest absolute Gasteiger partial charge is 0.273 e. The minimum atomic E-state index is -0.453. The van der Waals surface area contributed by atoms with E-state index in [0.717, 1.165) is 49.1 Å². The van der Waals surface area contributed by atoms with Gasteiger partial charge in [-0.15, -0.1) is 11.6 Å². The molecule has 0 bridgehead atoms. The molecular formula is C29H33ClN4O3. The highest BCUT2D eigenvalue weighted by atomic mass is 35.5. The lowest BCUT2D eigenvalue weighted by Gasteiger charge is -2.36. The van der Waals surface area contributed by atoms with Gasteiger partial charge in [0.2, 0.25) is 5.91 Å². The minimum absolute atomic E-state index is 0.225. The van der Waals surface area contributed by atoms with Crippen LogP contribution in [0.1, 0.15) is 36.8 Å². The van der Waals surface area contributed by atoms with E-state index < -0.39 is 5.38 Å². The Balaban J connectivity index is 1.21. The number of hydrazone groups is 1. The van der Waals surface area contributed by atoms with Crippen molar-refractivity contribution in [2.45, 2.75) is 44.6 Å². The van der Waals surface area contributed by atoms with Crippen molar-refractivity contribution in [1.82, 2.24) is 9.91 Å². The molecule has 2 fully saturated rings. The minimum Gasteiger partial charge on any atom is -0.489 e. The third kappa shape index (κ3) is 6.52. The fraction of sp³-hybridized carbons (Fsp3) is 0.414. The molecule has 2 aromatic carbocycles. The van der Waals surface area contributed by atoms with Crippen LogP contribution in [0.15, 0.2) is 65.4 Å². The molecule has 37 heavy (non-hydrogen) atoms. The van der Waals surface area contributed by atoms with E-state index in [9.17, 15) is 9.59 Å². The average molecular weight is 521 g/mol. The highest BCUT2D eigenvalue weighted by Gasteiger charge is 2.36. The first-order valence-electron chi connectivity index (χ1n) is 13.0. The SMILES string of the molecule is Cc1cc(OCc2ccccc2)ccc1NC(=O)C1=CC(Cl)C=NN1CC1CCCN(C(=O)C2CC2)C1. The quantitative estimate of drug-likeness (QED) is 0.500. The van der Waals surface area contributed by atoms with Gasteiger partial charge in [0.1, 0.15) is 18.1 Å². The van der Waals surface area contributed by atoms with Crippen LogP contribution in [0, 0.1) is 18.8 Å². The van der Waals surface area contributed by atoms with E-state index in [1.807, 2.05) is 60.4 Å². The number of nitrogens with zero attached hydrogens (tertiary/aromatic N) is 3. The van der Waals surface area contributed by atoms with Crippen LogP contribution in [0.25, 0.3) is 0 Å². The zero-order valence-electron chi connectivity index (χ0n) is 21.1. The molecule has 0 spiro atoms. The molecule has 0 aromatic heterocycles. The lowest BCUT2D eigenvalue weighted by atomic mass is 9.97. The second-order valence-electron chi connectivity index (χ2n) is 10.1. The number of carbonyl (C=O) groups excluding carboxylic acids is 2. The Kier molecular flexibility index (Phi) is 7.79. The molecule has 194 valence electrons. The molecule has 1 N–H and O–H groups in total. The molecule has 2 aromatic rings. The summed E-state index contributed by atoms with van der Waals surface area (Å²) in [6.45, 7) is 4.53. The van der Waals surface area contributed by atoms with Crippen molar-refractivity contribution >= 4 is 35.3 Å². The summed E-state index contributed by atoms with van der Waals surface area (Å²) in [5.41, 5.74) is 3.12. The van der Waals surface area contributed by atoms with E-state index in [0.29, 0.717) is 31.1 Å². The summed E-state index contributed by atoms with van der Waals surface area (Å²) in [5, 5.41) is 8.78. The van der Waals surface area contributed by atoms with Crippen LogP contribution in [0.2, 0.25) is 0 Å². The van der Waals surface area contributed by atoms with Gasteiger partial charge in [-0.2, -0.15) is 5.10 Å². The maximum atomic E-state index is 13.3. The zero-order chi connectivity index (χ0) is 25.8. The van der Waals surface area contributed by atoms with Crippen LogP contribution in [0.5, 0.6) is 5.75 Å². The van der Waals surface area contributed by atoms with Crippen molar-refractivity contribution in [2.75, 3.05) is 25.0 Å². The van der Waals surface area contributed by atoms with E-state index in [-0.39, 0.29) is 23.7 Å². The van der Waals surface area contributed by atoms with Crippen LogP contribution < -0.4 is 10.1 Å². The number of piperidine rings is 1. The molecule has 2 amide bonds. The Morgan fingerprint density at radius 1 is 1.14 bits per heavy atom. The molecule has 1 saturated carbocycles. The molecule has 2 heterocycles. The molecule has 5 rings (SSSR count). The van der Waals surface area contributed by atoms with E-state index in [4.69, 9.17) is 16.3 Å². The van der Waals surface area contributed by atoms with Gasteiger partial charge in [-0.1, -0.05) is 30.3 Å². The topological polar surface area (TPSA) is 74.2 Å². The predicted octanol–water partition coefficient (Wildman–Crippen LogP) is 4.95. The Bertz CT molecular complexity index is 1190. The first-order chi connectivity index (χ1) is 18.0. The summed E-state index contributed by atoms with van der Waals surface area (Å²) in [7, 11) is 0. The van der Waals surface area contributed by atoms with E-state index >= 15 is 0 Å². The highest BCUT2D eigenvalue weighted by molar-refractivity contribution is 6.30. The molecule has 1 aliphatic carbocycles. The summed E-state index contributed by atoms with van der Waals surface area (Å²) in [6, 6.07) is 15.6. The van der Waals surface area contributed by atoms with E-state index in [1.165, 1.54) is 0 Å². The standard InChI is InChI=1S/C29H33ClN4O3/c1-20-14-25(37-19-21-6-3-2-4-7-21)11-12-26(20)32-28(35)27-15-24(30)16-31-34(27)18-22-8-5-13-33(17-22)29(36)23-9-10-23/h2-4,6-7,11-12,14-16,22-24H,5,8-10,13,17-19H2,1H3,(H,32,35). The van der Waals surface area contributed by atoms with Gasteiger partial charge in [-0.25, -0.2) is 0 Å². The largest absolute Gasteiger partial charge is 0.489 e. The number of allylic oxidation sites excluding steroid dienone is 1. The van der Waals surface area contributed by atoms with Crippen molar-refractivity contribution < 1.29 is 14.3 Å². The third-order valence-electron chi connectivity index (χ3n) is 7.06. The molecule has 0 radical (unpaired) electrons. The fourth-order valence-electron chi connectivity index (χ4n) is 4.87. The molecule has 8 heteroatoms. The van der Waals surface area contributed by atoms with Gasteiger partial charge < -0.3 is 15.0 Å². The number of hydrogen-bond donors (Lipinski definition) is 1. The van der Waals surface area contributed by atoms with Crippen LogP contribution in [-0.4, -0.2) is 52.9 Å². The number of anilines is 1. The number of benzene rings is 2. The van der Waals surface area contributed by atoms with Crippen molar-refractivity contribution in [1.29, 1.82) is 0 Å². The first kappa shape index (κ1) is 25.3. The van der Waals surface area contributed by atoms with Gasteiger partial charge in [0.15, 0.2) is 0 Å². The zero-order valence-corrected chi connectivity index (χ0v) is 21.9. The lowest BCUT2D eigenvalue weighted by molar-refractivity contribution is -0.134. The monoisotopic (exact) mass is 520 g/mol. The fourth-order valence-corrected chi connectivity index (χ4v) is 5.04. The normalized spacial score (nSPS) is 21.4. The number of alkyl halides is 1. The number of amides is 2. The van der Waals surface area contributed by atoms with Gasteiger partial charge in [0.05, 0.1) is 5.38 Å². The van der Waals surface area contributed by atoms with E-state index in [2.05, 4.69) is 10.4 Å². The number of carbonyl (C=O) groups is 2. The Hall–Kier alpha value is -3.32. The lowest BCUT2D eigenvalue weighted by Crippen LogP contribution is -2.44. The number of hydrogen-bond acceptors (Lipinski definition) is 5. The van der Waals surface area contributed by atoms with Gasteiger partial charge in [0.25, 0.3) is 5.91 Å². The van der Waals surface area contributed by atoms with E-state index in [1.54, 1.807) is 17.3 Å². The van der Waals surface area contributed by atoms with Crippen LogP contribution in [0.3, 0.4) is 0 Å². The van der Waals surface area contributed by atoms with Crippen molar-refractivity contribution in [2.24, 2.45) is 16.9 Å². The van der Waals surface area contributed by atoms with Crippen LogP contribution in [0.4, 0.5) is 5.69 Å². The summed E-state index contributed by atoms with van der Waals surface area (Å²) in [5.74, 6) is 1.24. The molecule has 2 unspecified atom stereocenters. The van der Waals surface area contributed by atoms with Crippen LogP contribution in [-0.2, 0) is 16.2 Å². The number of nitrogens with one attached hydrogen (secondary N) is 1. The average Bonchev–Trinajstić information content (AvgIpc) is 3.76. The number of aryl methyl sites for hydroxylation is 1. The summed E-state index contributed by atoms with van der Waals surface area (Å²) in [4.78, 5) is 27.9. The van der Waals surface area contributed by atoms with Crippen molar-refractivity contribution in [3.8, 4) is 5.75 Å². The maximum Gasteiger partial charge on any atom is 0.273 e. The van der Waals surface area contributed by atoms with Gasteiger partial charge in [-0.3, -0.25) is 14.6 Å². The van der Waals surface area contributed by atoms with Crippen molar-refractivity contribution in [3.63, 3.8) is 0 Å². The Morgan fingerprint density at radius 2 is 1.95 bits per heavy atom. The summed E-state index contributed by atoms with van der Waals surface area (Å²) in [6.07, 6.45) is 7.37. The highest BCUT2D eigenvalue weighted by Crippen LogP contribution is 2.33. The molecular weight excluding hydrogens is 488 g/mol. The maximum absolute atomic E-state index is 13.3. The number of halogens is 1. The van der Waals surface area contributed by atoms with Gasteiger partial charge in [-0.05, 0) is 73.9 Å². The number of rotatable bonds is 8. The number of ether oxygens (including phenoxy) is 1. The van der Waals surface area contributed by atoms with Gasteiger partial charge >= 0.3 is 0 Å². The molecule has 3 aliphatic rings. The second-order valence-corrected chi connectivity index (χ2v) is 10.6. The van der Waals surface area contributed by atoms with Gasteiger partial charge in [0, 0.05) is 37.5 Å². The molecule has 1 saturated heterocycles. The number of likely N-dealkylation sites (tertiary alicyclic amines) is 1. The van der Waals surface area contributed by atoms with Crippen LogP contribution >= 0.6 is 11.6 Å². The predicted molar refractivity (Wildman–Crippen MR) is 146 cm³/mol. The summed E-state index contributed by atoms with van der Waals surface area (Å²) < 4.78 is 5.91. The Labute approximate surface area is 223 Å². The first-order valence-corrected chi connectivity index (χ1v) is 13.4. The summed E-state index contributed by atoms with van der Waals surface area (Å²) >= 11 is 6.31. The second kappa shape index (κ2) is 11.4. The molecule has 7 nitrogen and oxygen atoms in total. The molecule has 2 aliphatic heterocycles.